The summed E-state index contributed by atoms with van der Waals surface area (Å²) in [6.07, 6.45) is 25.1. The van der Waals surface area contributed by atoms with E-state index in [0.717, 1.165) is 3.17 Å². The van der Waals surface area contributed by atoms with E-state index >= 15 is 0 Å². The van der Waals surface area contributed by atoms with Crippen molar-refractivity contribution in [2.45, 2.75) is 126 Å². The summed E-state index contributed by atoms with van der Waals surface area (Å²) >= 11 is 1.43. The van der Waals surface area contributed by atoms with E-state index in [1.165, 1.54) is 137 Å². The second-order valence-electron chi connectivity index (χ2n) is 7.73. The molecule has 4 nitrogen and oxygen atoms in total. The van der Waals surface area contributed by atoms with Gasteiger partial charge in [0.25, 0.3) is 0 Å². The van der Waals surface area contributed by atoms with E-state index in [9.17, 15) is 0 Å². The van der Waals surface area contributed by atoms with Gasteiger partial charge in [-0.25, -0.2) is 0 Å². The third-order valence-electron chi connectivity index (χ3n) is 4.85. The predicted octanol–water partition coefficient (Wildman–Crippen LogP) is 6.96. The molecular weight excluding hydrogens is 359 g/mol. The van der Waals surface area contributed by atoms with Crippen molar-refractivity contribution in [2.75, 3.05) is 0 Å². The van der Waals surface area contributed by atoms with Crippen LogP contribution < -0.4 is 0 Å². The van der Waals surface area contributed by atoms with Gasteiger partial charge in [0.15, 0.2) is 0 Å². The van der Waals surface area contributed by atoms with E-state index in [1.54, 1.807) is 0 Å². The summed E-state index contributed by atoms with van der Waals surface area (Å²) in [4.78, 5) is 0. The maximum absolute atomic E-state index is 8.74. The summed E-state index contributed by atoms with van der Waals surface area (Å²) in [6.45, 7) is 4.61. The molecule has 0 amide bonds. The fraction of sp³-hybridized carbons (Fsp3) is 1.00. The normalized spacial score (nSPS) is 12.5. The van der Waals surface area contributed by atoms with Gasteiger partial charge in [-0.2, -0.15) is 8.42 Å². The minimum Gasteiger partial charge on any atom is -0.264 e. The smallest absolute Gasteiger partial charge is 0.264 e. The van der Waals surface area contributed by atoms with Crippen LogP contribution in [0.2, 0.25) is 3.17 Å². The Bertz CT molecular complexity index is 353. The molecule has 0 aromatic carbocycles. The minimum atomic E-state index is -4.67. The molecule has 0 aliphatic rings. The van der Waals surface area contributed by atoms with Gasteiger partial charge in [-0.1, -0.05) is 0 Å². The average Bonchev–Trinajstić information content (AvgIpc) is 2.55. The molecule has 2 N–H and O–H groups in total. The molecule has 0 rings (SSSR count). The minimum absolute atomic E-state index is 1.11. The molecule has 0 aromatic heterocycles. The zero-order chi connectivity index (χ0) is 20.1. The first-order valence-electron chi connectivity index (χ1n) is 11.0. The van der Waals surface area contributed by atoms with Gasteiger partial charge < -0.3 is 0 Å². The van der Waals surface area contributed by atoms with Gasteiger partial charge in [0.2, 0.25) is 0 Å². The SMILES string of the molecule is CCCCCCCCCC[CH]([Na])CCCCCCCCC.O=S(=O)(O)O. The molecule has 26 heavy (non-hydrogen) atoms. The Morgan fingerprint density at radius 2 is 0.846 bits per heavy atom. The fourth-order valence-corrected chi connectivity index (χ4v) is 4.04. The van der Waals surface area contributed by atoms with Crippen LogP contribution in [0.25, 0.3) is 0 Å². The van der Waals surface area contributed by atoms with E-state index in [4.69, 9.17) is 17.5 Å². The first-order chi connectivity index (χ1) is 12.3. The van der Waals surface area contributed by atoms with Crippen LogP contribution in [0.5, 0.6) is 0 Å². The van der Waals surface area contributed by atoms with Crippen LogP contribution in [0, 0.1) is 0 Å². The molecule has 0 heterocycles. The van der Waals surface area contributed by atoms with Crippen molar-refractivity contribution >= 4 is 38.3 Å². The Hall–Kier alpha value is 0.870. The van der Waals surface area contributed by atoms with Crippen LogP contribution in [0.3, 0.4) is 0 Å². The summed E-state index contributed by atoms with van der Waals surface area (Å²) in [5.41, 5.74) is 0. The fourth-order valence-electron chi connectivity index (χ4n) is 3.22. The van der Waals surface area contributed by atoms with Crippen LogP contribution in [0.1, 0.15) is 123 Å². The molecule has 0 fully saturated rings. The van der Waals surface area contributed by atoms with Crippen molar-refractivity contribution < 1.29 is 17.5 Å². The third kappa shape index (κ3) is 35.9. The number of rotatable bonds is 17. The molecule has 0 aliphatic heterocycles. The quantitative estimate of drug-likeness (QED) is 0.157. The van der Waals surface area contributed by atoms with Gasteiger partial charge in [0.1, 0.15) is 0 Å². The molecule has 0 saturated carbocycles. The second-order valence-corrected chi connectivity index (χ2v) is 10.3. The van der Waals surface area contributed by atoms with Gasteiger partial charge in [-0.15, -0.1) is 0 Å². The summed E-state index contributed by atoms with van der Waals surface area (Å²) in [6, 6.07) is 0. The Balaban J connectivity index is 0. The van der Waals surface area contributed by atoms with Crippen molar-refractivity contribution in [1.29, 1.82) is 0 Å². The molecule has 6 heteroatoms. The van der Waals surface area contributed by atoms with Crippen molar-refractivity contribution in [3.63, 3.8) is 0 Å². The zero-order valence-electron chi connectivity index (χ0n) is 17.7. The van der Waals surface area contributed by atoms with Crippen molar-refractivity contribution in [3.8, 4) is 0 Å². The first-order valence-corrected chi connectivity index (χ1v) is 13.6. The van der Waals surface area contributed by atoms with E-state index < -0.39 is 10.4 Å². The van der Waals surface area contributed by atoms with E-state index in [1.807, 2.05) is 0 Å². The number of hydrogen-bond acceptors (Lipinski definition) is 2. The zero-order valence-corrected chi connectivity index (χ0v) is 20.5. The van der Waals surface area contributed by atoms with Crippen molar-refractivity contribution in [3.05, 3.63) is 0 Å². The molecule has 0 radical (unpaired) electrons. The van der Waals surface area contributed by atoms with E-state index in [0.29, 0.717) is 0 Å². The van der Waals surface area contributed by atoms with Gasteiger partial charge in [0, 0.05) is 0 Å². The Morgan fingerprint density at radius 1 is 0.615 bits per heavy atom. The Kier molecular flexibility index (Phi) is 24.8. The summed E-state index contributed by atoms with van der Waals surface area (Å²) in [7, 11) is -4.67. The topological polar surface area (TPSA) is 74.6 Å². The van der Waals surface area contributed by atoms with Crippen LogP contribution in [-0.4, -0.2) is 45.5 Å². The van der Waals surface area contributed by atoms with Gasteiger partial charge >= 0.3 is 164 Å². The molecule has 0 bridgehead atoms. The second kappa shape index (κ2) is 22.2. The van der Waals surface area contributed by atoms with Crippen LogP contribution >= 0.6 is 0 Å². The monoisotopic (exact) mass is 402 g/mol. The average molecular weight is 403 g/mol. The van der Waals surface area contributed by atoms with Crippen LogP contribution in [0.4, 0.5) is 0 Å². The van der Waals surface area contributed by atoms with Gasteiger partial charge in [-0.3, -0.25) is 9.11 Å². The van der Waals surface area contributed by atoms with E-state index in [2.05, 4.69) is 13.8 Å². The maximum atomic E-state index is 8.74. The molecule has 0 spiro atoms. The molecule has 154 valence electrons. The van der Waals surface area contributed by atoms with E-state index in [-0.39, 0.29) is 0 Å². The summed E-state index contributed by atoms with van der Waals surface area (Å²) in [5.74, 6) is 0. The summed E-state index contributed by atoms with van der Waals surface area (Å²) in [5, 5.41) is 0. The van der Waals surface area contributed by atoms with Gasteiger partial charge in [-0.05, 0) is 0 Å². The Labute approximate surface area is 181 Å². The van der Waals surface area contributed by atoms with Crippen LogP contribution in [-0.2, 0) is 10.4 Å². The molecule has 0 aromatic rings. The van der Waals surface area contributed by atoms with Crippen LogP contribution in [0.15, 0.2) is 0 Å². The maximum Gasteiger partial charge on any atom is 0.394 e. The molecule has 0 saturated heterocycles. The molecule has 1 atom stereocenters. The van der Waals surface area contributed by atoms with Crippen molar-refractivity contribution in [2.24, 2.45) is 0 Å². The molecule has 1 unspecified atom stereocenters. The van der Waals surface area contributed by atoms with Crippen molar-refractivity contribution in [1.82, 2.24) is 0 Å². The molecule has 0 aliphatic carbocycles. The number of hydrogen-bond donors (Lipinski definition) is 2. The largest absolute Gasteiger partial charge is 0.394 e. The standard InChI is InChI=1S/C20H41.Na.H2O4S/c1-3-5-7-9-11-13-15-17-19-20-18-16-14-12-10-8-6-4-2;;1-5(2,3)4/h19H,3-18,20H2,1-2H3;;(H2,1,2,3,4). The third-order valence-corrected chi connectivity index (χ3v) is 6.01. The number of unbranched alkanes of at least 4 members (excludes halogenated alkanes) is 13. The Morgan fingerprint density at radius 3 is 1.12 bits per heavy atom. The summed E-state index contributed by atoms with van der Waals surface area (Å²) < 4.78 is 32.7. The van der Waals surface area contributed by atoms with Gasteiger partial charge in [0.05, 0.1) is 0 Å². The predicted molar refractivity (Wildman–Crippen MR) is 114 cm³/mol. The molecular formula is C20H43NaO4S. The first kappa shape index (κ1) is 29.1.